The van der Waals surface area contributed by atoms with Gasteiger partial charge >= 0.3 is 0 Å². The molecule has 3 nitrogen and oxygen atoms in total. The van der Waals surface area contributed by atoms with E-state index in [1.165, 1.54) is 0 Å². The van der Waals surface area contributed by atoms with Crippen molar-refractivity contribution in [2.75, 3.05) is 0 Å². The fraction of sp³-hybridized carbons (Fsp3) is 0.579. The Morgan fingerprint density at radius 1 is 1.43 bits per heavy atom. The van der Waals surface area contributed by atoms with Crippen molar-refractivity contribution in [1.82, 2.24) is 14.8 Å². The van der Waals surface area contributed by atoms with Crippen molar-refractivity contribution in [3.63, 3.8) is 0 Å². The maximum Gasteiger partial charge on any atom is 0.177 e. The summed E-state index contributed by atoms with van der Waals surface area (Å²) in [6.45, 7) is 10.7. The van der Waals surface area contributed by atoms with E-state index >= 15 is 0 Å². The van der Waals surface area contributed by atoms with E-state index in [1.54, 1.807) is 0 Å². The van der Waals surface area contributed by atoms with Gasteiger partial charge in [-0.05, 0) is 23.8 Å². The molecule has 0 saturated carbocycles. The predicted octanol–water partition coefficient (Wildman–Crippen LogP) is 5.21. The summed E-state index contributed by atoms with van der Waals surface area (Å²) >= 11 is 0. The number of rotatable bonds is 5. The van der Waals surface area contributed by atoms with E-state index in [4.69, 9.17) is 0 Å². The van der Waals surface area contributed by atoms with E-state index in [0.717, 1.165) is 24.8 Å². The largest absolute Gasteiger partial charge is 0.243 e. The second-order valence-corrected chi connectivity index (χ2v) is 7.33. The van der Waals surface area contributed by atoms with E-state index in [1.807, 2.05) is 16.8 Å². The molecule has 1 aromatic rings. The highest BCUT2D eigenvalue weighted by molar-refractivity contribution is 5.62. The van der Waals surface area contributed by atoms with Crippen LogP contribution in [0, 0.1) is 11.3 Å². The van der Waals surface area contributed by atoms with Crippen LogP contribution in [0.25, 0.3) is 5.57 Å². The first kappa shape index (κ1) is 16.2. The molecule has 0 fully saturated rings. The number of fused-ring (bicyclic) bond motifs is 1. The molecule has 4 heteroatoms. The number of alkyl halides is 1. The van der Waals surface area contributed by atoms with Crippen LogP contribution < -0.4 is 0 Å². The molecular formula is C19H26FN3. The Labute approximate surface area is 138 Å². The molecule has 1 aliphatic heterocycles. The highest BCUT2D eigenvalue weighted by atomic mass is 19.1. The van der Waals surface area contributed by atoms with Crippen LogP contribution in [0.5, 0.6) is 0 Å². The lowest BCUT2D eigenvalue weighted by Gasteiger charge is -2.25. The second-order valence-electron chi connectivity index (χ2n) is 7.33. The van der Waals surface area contributed by atoms with Crippen molar-refractivity contribution < 1.29 is 4.39 Å². The Bertz CT molecular complexity index is 654. The highest BCUT2D eigenvalue weighted by Gasteiger charge is 2.39. The molecule has 3 atom stereocenters. The number of nitrogens with zero attached hydrogens (tertiary/aromatic N) is 3. The Morgan fingerprint density at radius 3 is 2.87 bits per heavy atom. The van der Waals surface area contributed by atoms with Crippen molar-refractivity contribution >= 4 is 5.57 Å². The molecule has 1 aliphatic carbocycles. The van der Waals surface area contributed by atoms with Crippen LogP contribution in [0.2, 0.25) is 0 Å². The van der Waals surface area contributed by atoms with Gasteiger partial charge in [0.1, 0.15) is 0 Å². The van der Waals surface area contributed by atoms with Crippen molar-refractivity contribution in [3.8, 4) is 0 Å². The first-order valence-corrected chi connectivity index (χ1v) is 8.57. The SMILES string of the molecule is C=C(c1nc2n(n1)C(C1C=CC=CC1)CC2F)C(C)(C)CCC. The molecule has 3 rings (SSSR count). The van der Waals surface area contributed by atoms with Gasteiger partial charge in [-0.15, -0.1) is 0 Å². The van der Waals surface area contributed by atoms with E-state index < -0.39 is 6.17 Å². The van der Waals surface area contributed by atoms with Crippen LogP contribution >= 0.6 is 0 Å². The maximum absolute atomic E-state index is 14.4. The number of hydrogen-bond acceptors (Lipinski definition) is 2. The van der Waals surface area contributed by atoms with E-state index in [9.17, 15) is 4.39 Å². The van der Waals surface area contributed by atoms with Gasteiger partial charge in [0.05, 0.1) is 6.04 Å². The summed E-state index contributed by atoms with van der Waals surface area (Å²) in [5.41, 5.74) is 0.845. The lowest BCUT2D eigenvalue weighted by molar-refractivity contribution is 0.291. The zero-order chi connectivity index (χ0) is 16.6. The molecule has 1 aromatic heterocycles. The fourth-order valence-electron chi connectivity index (χ4n) is 3.66. The minimum absolute atomic E-state index is 0.0598. The van der Waals surface area contributed by atoms with Gasteiger partial charge in [-0.2, -0.15) is 5.10 Å². The van der Waals surface area contributed by atoms with Crippen molar-refractivity contribution in [2.24, 2.45) is 11.3 Å². The molecular weight excluding hydrogens is 289 g/mol. The first-order chi connectivity index (χ1) is 10.9. The molecule has 0 aromatic carbocycles. The summed E-state index contributed by atoms with van der Waals surface area (Å²) in [4.78, 5) is 4.50. The summed E-state index contributed by atoms with van der Waals surface area (Å²) in [5, 5.41) is 4.65. The molecule has 23 heavy (non-hydrogen) atoms. The highest BCUT2D eigenvalue weighted by Crippen LogP contribution is 2.44. The lowest BCUT2D eigenvalue weighted by atomic mass is 9.80. The fourth-order valence-corrected chi connectivity index (χ4v) is 3.66. The van der Waals surface area contributed by atoms with Gasteiger partial charge in [0, 0.05) is 12.3 Å². The molecule has 0 N–H and O–H groups in total. The van der Waals surface area contributed by atoms with Gasteiger partial charge in [-0.25, -0.2) is 14.1 Å². The van der Waals surface area contributed by atoms with Crippen LogP contribution in [0.1, 0.15) is 70.3 Å². The molecule has 0 radical (unpaired) electrons. The van der Waals surface area contributed by atoms with Crippen LogP contribution in [0.15, 0.2) is 30.9 Å². The topological polar surface area (TPSA) is 30.7 Å². The number of allylic oxidation sites excluding steroid dienone is 5. The van der Waals surface area contributed by atoms with Crippen LogP contribution in [-0.4, -0.2) is 14.8 Å². The standard InChI is InChI=1S/C19H26FN3/c1-5-11-19(3,4)13(2)17-21-18-15(20)12-16(23(18)22-17)14-9-7-6-8-10-14/h6-9,14-16H,2,5,10-12H2,1,3-4H3. The molecule has 0 saturated heterocycles. The van der Waals surface area contributed by atoms with Gasteiger partial charge < -0.3 is 0 Å². The summed E-state index contributed by atoms with van der Waals surface area (Å²) in [5.74, 6) is 1.38. The molecule has 0 bridgehead atoms. The van der Waals surface area contributed by atoms with Crippen LogP contribution in [0.3, 0.4) is 0 Å². The Kier molecular flexibility index (Phi) is 4.26. The van der Waals surface area contributed by atoms with Crippen molar-refractivity contribution in [1.29, 1.82) is 0 Å². The molecule has 124 valence electrons. The Balaban J connectivity index is 1.88. The van der Waals surface area contributed by atoms with E-state index in [0.29, 0.717) is 24.0 Å². The third-order valence-electron chi connectivity index (χ3n) is 5.17. The number of halogens is 1. The number of hydrogen-bond donors (Lipinski definition) is 0. The lowest BCUT2D eigenvalue weighted by Crippen LogP contribution is -2.18. The smallest absolute Gasteiger partial charge is 0.177 e. The monoisotopic (exact) mass is 315 g/mol. The zero-order valence-corrected chi connectivity index (χ0v) is 14.3. The summed E-state index contributed by atoms with van der Waals surface area (Å²) in [6, 6.07) is 0.0598. The molecule has 0 amide bonds. The molecule has 3 unspecified atom stereocenters. The Hall–Kier alpha value is -1.71. The predicted molar refractivity (Wildman–Crippen MR) is 91.6 cm³/mol. The van der Waals surface area contributed by atoms with Crippen molar-refractivity contribution in [2.45, 2.75) is 58.7 Å². The average molecular weight is 315 g/mol. The van der Waals surface area contributed by atoms with E-state index in [2.05, 4.69) is 49.6 Å². The third-order valence-corrected chi connectivity index (χ3v) is 5.17. The quantitative estimate of drug-likeness (QED) is 0.747. The normalized spacial score (nSPS) is 26.5. The van der Waals surface area contributed by atoms with Crippen LogP contribution in [0.4, 0.5) is 4.39 Å². The molecule has 0 spiro atoms. The Morgan fingerprint density at radius 2 is 2.22 bits per heavy atom. The third kappa shape index (κ3) is 2.91. The van der Waals surface area contributed by atoms with Gasteiger partial charge in [-0.3, -0.25) is 0 Å². The van der Waals surface area contributed by atoms with E-state index in [-0.39, 0.29) is 11.5 Å². The average Bonchev–Trinajstić information content (AvgIpc) is 3.08. The summed E-state index contributed by atoms with van der Waals surface area (Å²) in [7, 11) is 0. The summed E-state index contributed by atoms with van der Waals surface area (Å²) in [6.07, 6.45) is 10.9. The van der Waals surface area contributed by atoms with Gasteiger partial charge in [0.15, 0.2) is 17.8 Å². The molecule has 2 heterocycles. The molecule has 2 aliphatic rings. The van der Waals surface area contributed by atoms with Crippen LogP contribution in [-0.2, 0) is 0 Å². The summed E-state index contributed by atoms with van der Waals surface area (Å²) < 4.78 is 16.3. The van der Waals surface area contributed by atoms with Gasteiger partial charge in [0.2, 0.25) is 0 Å². The minimum Gasteiger partial charge on any atom is -0.243 e. The maximum atomic E-state index is 14.4. The second kappa shape index (κ2) is 6.06. The van der Waals surface area contributed by atoms with Crippen molar-refractivity contribution in [3.05, 3.63) is 42.5 Å². The number of aromatic nitrogens is 3. The first-order valence-electron chi connectivity index (χ1n) is 8.57. The van der Waals surface area contributed by atoms with Gasteiger partial charge in [-0.1, -0.05) is 58.1 Å². The van der Waals surface area contributed by atoms with Gasteiger partial charge in [0.25, 0.3) is 0 Å². The minimum atomic E-state index is -1.03. The zero-order valence-electron chi connectivity index (χ0n) is 14.3.